The molecular weight excluding hydrogens is 352 g/mol. The SMILES string of the molecule is C=N/C(=N\C=C(/C)C(=O)OCC)NC1(c2ccccc2)CCC(F)(F)CC1. The highest BCUT2D eigenvalue weighted by molar-refractivity contribution is 5.89. The molecule has 27 heavy (non-hydrogen) atoms. The summed E-state index contributed by atoms with van der Waals surface area (Å²) in [7, 11) is 0. The molecule has 0 aliphatic heterocycles. The quantitative estimate of drug-likeness (QED) is 0.362. The second-order valence-corrected chi connectivity index (χ2v) is 6.57. The molecule has 1 aromatic rings. The Bertz CT molecular complexity index is 720. The number of ether oxygens (including phenoxy) is 1. The lowest BCUT2D eigenvalue weighted by atomic mass is 9.75. The first-order chi connectivity index (χ1) is 12.8. The van der Waals surface area contributed by atoms with E-state index in [0.717, 1.165) is 5.56 Å². The van der Waals surface area contributed by atoms with E-state index < -0.39 is 17.4 Å². The van der Waals surface area contributed by atoms with Gasteiger partial charge < -0.3 is 10.1 Å². The van der Waals surface area contributed by atoms with Gasteiger partial charge in [0.05, 0.1) is 17.7 Å². The summed E-state index contributed by atoms with van der Waals surface area (Å²) in [5.41, 5.74) is 0.487. The second-order valence-electron chi connectivity index (χ2n) is 6.57. The average molecular weight is 377 g/mol. The molecule has 1 aliphatic rings. The van der Waals surface area contributed by atoms with Gasteiger partial charge >= 0.3 is 5.97 Å². The Morgan fingerprint density at radius 3 is 2.44 bits per heavy atom. The van der Waals surface area contributed by atoms with Crippen LogP contribution in [-0.2, 0) is 15.1 Å². The van der Waals surface area contributed by atoms with Gasteiger partial charge in [0.2, 0.25) is 11.9 Å². The molecule has 0 unspecified atom stereocenters. The van der Waals surface area contributed by atoms with E-state index in [1.165, 1.54) is 6.20 Å². The first-order valence-electron chi connectivity index (χ1n) is 8.92. The largest absolute Gasteiger partial charge is 0.463 e. The van der Waals surface area contributed by atoms with E-state index in [1.54, 1.807) is 13.8 Å². The fourth-order valence-electron chi connectivity index (χ4n) is 3.07. The molecule has 0 bridgehead atoms. The van der Waals surface area contributed by atoms with Crippen LogP contribution in [-0.4, -0.2) is 31.2 Å². The Labute approximate surface area is 158 Å². The van der Waals surface area contributed by atoms with Crippen molar-refractivity contribution in [2.45, 2.75) is 51.0 Å². The molecular formula is C20H25F2N3O2. The summed E-state index contributed by atoms with van der Waals surface area (Å²) < 4.78 is 32.4. The van der Waals surface area contributed by atoms with Crippen LogP contribution in [0.1, 0.15) is 45.1 Å². The number of aliphatic imine (C=N–C) groups is 2. The summed E-state index contributed by atoms with van der Waals surface area (Å²) in [5.74, 6) is -2.97. The molecule has 1 aliphatic carbocycles. The normalized spacial score (nSPS) is 19.3. The molecule has 0 aromatic heterocycles. The van der Waals surface area contributed by atoms with Crippen molar-refractivity contribution in [3.05, 3.63) is 47.7 Å². The zero-order valence-corrected chi connectivity index (χ0v) is 15.7. The Kier molecular flexibility index (Phi) is 6.82. The topological polar surface area (TPSA) is 63.0 Å². The van der Waals surface area contributed by atoms with Crippen LogP contribution >= 0.6 is 0 Å². The van der Waals surface area contributed by atoms with Gasteiger partial charge in [0, 0.05) is 19.0 Å². The Morgan fingerprint density at radius 2 is 1.89 bits per heavy atom. The maximum atomic E-state index is 13.7. The average Bonchev–Trinajstić information content (AvgIpc) is 2.67. The molecule has 146 valence electrons. The van der Waals surface area contributed by atoms with E-state index in [-0.39, 0.29) is 38.2 Å². The molecule has 1 fully saturated rings. The van der Waals surface area contributed by atoms with Crippen molar-refractivity contribution in [2.75, 3.05) is 6.61 Å². The van der Waals surface area contributed by atoms with Gasteiger partial charge in [-0.3, -0.25) is 0 Å². The highest BCUT2D eigenvalue weighted by atomic mass is 19.3. The van der Waals surface area contributed by atoms with Crippen molar-refractivity contribution >= 4 is 18.6 Å². The van der Waals surface area contributed by atoms with Crippen molar-refractivity contribution < 1.29 is 18.3 Å². The van der Waals surface area contributed by atoms with Crippen molar-refractivity contribution in [3.8, 4) is 0 Å². The van der Waals surface area contributed by atoms with Crippen LogP contribution < -0.4 is 5.32 Å². The maximum Gasteiger partial charge on any atom is 0.335 e. The molecule has 1 aromatic carbocycles. The zero-order valence-electron chi connectivity index (χ0n) is 15.7. The van der Waals surface area contributed by atoms with Crippen molar-refractivity contribution in [1.29, 1.82) is 0 Å². The molecule has 0 spiro atoms. The summed E-state index contributed by atoms with van der Waals surface area (Å²) in [5, 5.41) is 3.19. The van der Waals surface area contributed by atoms with Gasteiger partial charge in [-0.05, 0) is 39.0 Å². The predicted molar refractivity (Wildman–Crippen MR) is 102 cm³/mol. The Balaban J connectivity index is 2.28. The van der Waals surface area contributed by atoms with Crippen molar-refractivity contribution in [1.82, 2.24) is 5.32 Å². The lowest BCUT2D eigenvalue weighted by Gasteiger charge is -2.41. The third-order valence-corrected chi connectivity index (χ3v) is 4.64. The van der Waals surface area contributed by atoms with Gasteiger partial charge in [0.1, 0.15) is 0 Å². The summed E-state index contributed by atoms with van der Waals surface area (Å²) in [6.45, 7) is 7.07. The smallest absolute Gasteiger partial charge is 0.335 e. The summed E-state index contributed by atoms with van der Waals surface area (Å²) >= 11 is 0. The predicted octanol–water partition coefficient (Wildman–Crippen LogP) is 4.20. The highest BCUT2D eigenvalue weighted by Gasteiger charge is 2.44. The molecule has 0 saturated heterocycles. The molecule has 1 saturated carbocycles. The van der Waals surface area contributed by atoms with Crippen LogP contribution in [0.25, 0.3) is 0 Å². The van der Waals surface area contributed by atoms with Gasteiger partial charge in [0.25, 0.3) is 0 Å². The van der Waals surface area contributed by atoms with Crippen LogP contribution in [0.15, 0.2) is 52.1 Å². The lowest BCUT2D eigenvalue weighted by molar-refractivity contribution is -0.138. The lowest BCUT2D eigenvalue weighted by Crippen LogP contribution is -2.49. The van der Waals surface area contributed by atoms with E-state index in [2.05, 4.69) is 22.0 Å². The number of esters is 1. The van der Waals surface area contributed by atoms with Gasteiger partial charge in [-0.2, -0.15) is 0 Å². The fourth-order valence-corrected chi connectivity index (χ4v) is 3.07. The third-order valence-electron chi connectivity index (χ3n) is 4.64. The molecule has 0 amide bonds. The summed E-state index contributed by atoms with van der Waals surface area (Å²) in [4.78, 5) is 19.7. The van der Waals surface area contributed by atoms with Crippen molar-refractivity contribution in [2.24, 2.45) is 9.98 Å². The summed E-state index contributed by atoms with van der Waals surface area (Å²) in [6.07, 6.45) is 1.36. The van der Waals surface area contributed by atoms with Gasteiger partial charge in [-0.1, -0.05) is 30.3 Å². The first kappa shape index (κ1) is 20.7. The van der Waals surface area contributed by atoms with E-state index in [4.69, 9.17) is 4.74 Å². The second kappa shape index (κ2) is 8.88. The number of alkyl halides is 2. The fraction of sp³-hybridized carbons (Fsp3) is 0.450. The van der Waals surface area contributed by atoms with E-state index in [0.29, 0.717) is 5.57 Å². The minimum absolute atomic E-state index is 0.174. The number of guanidine groups is 1. The molecule has 1 N–H and O–H groups in total. The van der Waals surface area contributed by atoms with Gasteiger partial charge in [-0.25, -0.2) is 23.6 Å². The van der Waals surface area contributed by atoms with Crippen LogP contribution in [0, 0.1) is 0 Å². The monoisotopic (exact) mass is 377 g/mol. The van der Waals surface area contributed by atoms with Crippen LogP contribution in [0.5, 0.6) is 0 Å². The number of hydrogen-bond acceptors (Lipinski definition) is 3. The molecule has 2 rings (SSSR count). The Hall–Kier alpha value is -2.57. The van der Waals surface area contributed by atoms with Crippen LogP contribution in [0.3, 0.4) is 0 Å². The van der Waals surface area contributed by atoms with E-state index in [9.17, 15) is 13.6 Å². The highest BCUT2D eigenvalue weighted by Crippen LogP contribution is 2.43. The third kappa shape index (κ3) is 5.45. The molecule has 0 heterocycles. The summed E-state index contributed by atoms with van der Waals surface area (Å²) in [6, 6.07) is 9.41. The van der Waals surface area contributed by atoms with Crippen molar-refractivity contribution in [3.63, 3.8) is 0 Å². The molecule has 0 radical (unpaired) electrons. The number of rotatable bonds is 5. The molecule has 7 heteroatoms. The van der Waals surface area contributed by atoms with Gasteiger partial charge in [0.15, 0.2) is 0 Å². The minimum atomic E-state index is -2.67. The maximum absolute atomic E-state index is 13.7. The number of nitrogens with one attached hydrogen (secondary N) is 1. The zero-order chi connectivity index (χ0) is 19.9. The van der Waals surface area contributed by atoms with E-state index in [1.807, 2.05) is 30.3 Å². The van der Waals surface area contributed by atoms with Gasteiger partial charge in [-0.15, -0.1) is 0 Å². The number of carbonyl (C=O) groups excluding carboxylic acids is 1. The number of benzene rings is 1. The van der Waals surface area contributed by atoms with Crippen LogP contribution in [0.2, 0.25) is 0 Å². The van der Waals surface area contributed by atoms with E-state index >= 15 is 0 Å². The number of halogens is 2. The molecule has 0 atom stereocenters. The Morgan fingerprint density at radius 1 is 1.26 bits per heavy atom. The number of nitrogens with zero attached hydrogens (tertiary/aromatic N) is 2. The minimum Gasteiger partial charge on any atom is -0.463 e. The molecule has 5 nitrogen and oxygen atoms in total. The number of hydrogen-bond donors (Lipinski definition) is 1. The number of carbonyl (C=O) groups is 1. The van der Waals surface area contributed by atoms with Crippen LogP contribution in [0.4, 0.5) is 8.78 Å². The standard InChI is InChI=1S/C20H25F2N3O2/c1-4-27-17(26)15(2)14-24-18(23-3)25-19(16-8-6-5-7-9-16)10-12-20(21,22)13-11-19/h5-9,14H,3-4,10-13H2,1-2H3,(H,24,25)/b15-14+. The first-order valence-corrected chi connectivity index (χ1v) is 8.92.